The van der Waals surface area contributed by atoms with E-state index in [-0.39, 0.29) is 5.41 Å². The van der Waals surface area contributed by atoms with E-state index in [1.165, 1.54) is 5.56 Å². The number of nitrogens with one attached hydrogen (secondary N) is 1. The van der Waals surface area contributed by atoms with Crippen LogP contribution in [0.1, 0.15) is 45.0 Å². The number of carbonyl (C=O) groups is 1. The lowest BCUT2D eigenvalue weighted by Crippen LogP contribution is -2.27. The van der Waals surface area contributed by atoms with E-state index in [1.54, 1.807) is 17.8 Å². The molecule has 9 heteroatoms. The van der Waals surface area contributed by atoms with Crippen LogP contribution in [-0.2, 0) is 10.2 Å². The number of carbonyl (C=O) groups excluding carboxylic acids is 1. The number of aromatic nitrogens is 5. The maximum atomic E-state index is 12.1. The van der Waals surface area contributed by atoms with Gasteiger partial charge in [-0.25, -0.2) is 9.78 Å². The first-order chi connectivity index (χ1) is 19.2. The van der Waals surface area contributed by atoms with Crippen LogP contribution in [0.3, 0.4) is 0 Å². The molecular formula is C31H30N6O3. The first kappa shape index (κ1) is 25.5. The molecule has 1 aliphatic rings. The summed E-state index contributed by atoms with van der Waals surface area (Å²) in [5, 5.41) is 16.4. The molecular weight excluding hydrogens is 504 g/mol. The first-order valence-corrected chi connectivity index (χ1v) is 13.2. The van der Waals surface area contributed by atoms with Crippen molar-refractivity contribution < 1.29 is 14.3 Å². The molecule has 202 valence electrons. The molecule has 0 radical (unpaired) electrons. The molecule has 1 amide bonds. The summed E-state index contributed by atoms with van der Waals surface area (Å²) in [5.41, 5.74) is 4.74. The maximum Gasteiger partial charge on any atom is 0.412 e. The van der Waals surface area contributed by atoms with Crippen molar-refractivity contribution in [3.63, 3.8) is 0 Å². The molecule has 9 nitrogen and oxygen atoms in total. The van der Waals surface area contributed by atoms with Gasteiger partial charge in [-0.2, -0.15) is 9.61 Å². The number of anilines is 1. The molecule has 6 rings (SSSR count). The second-order valence-corrected chi connectivity index (χ2v) is 11.0. The number of nitrogens with zero attached hydrogens (tertiary/aromatic N) is 5. The Bertz CT molecular complexity index is 1680. The Balaban J connectivity index is 1.23. The molecule has 1 aliphatic carbocycles. The van der Waals surface area contributed by atoms with E-state index >= 15 is 0 Å². The Hall–Kier alpha value is -4.79. The minimum absolute atomic E-state index is 0.202. The van der Waals surface area contributed by atoms with Gasteiger partial charge in [0.1, 0.15) is 11.4 Å². The number of benzene rings is 3. The molecule has 0 bridgehead atoms. The van der Waals surface area contributed by atoms with Gasteiger partial charge in [-0.3, -0.25) is 5.32 Å². The van der Waals surface area contributed by atoms with Crippen LogP contribution in [0.4, 0.5) is 10.5 Å². The SMILES string of the molecule is COc1ccc(C2(c3nnc4nc(-c5cccc(-c6ccc(NC(=O)OC(C)(C)C)cc6)c5)cnn34)CC2)cc1. The Morgan fingerprint density at radius 1 is 0.925 bits per heavy atom. The minimum Gasteiger partial charge on any atom is -0.497 e. The van der Waals surface area contributed by atoms with Gasteiger partial charge in [0.25, 0.3) is 5.78 Å². The summed E-state index contributed by atoms with van der Waals surface area (Å²) >= 11 is 0. The fraction of sp³-hybridized carbons (Fsp3) is 0.258. The van der Waals surface area contributed by atoms with Gasteiger partial charge in [-0.05, 0) is 80.6 Å². The topological polar surface area (TPSA) is 104 Å². The van der Waals surface area contributed by atoms with Crippen molar-refractivity contribution in [2.45, 2.75) is 44.6 Å². The molecule has 1 fully saturated rings. The highest BCUT2D eigenvalue weighted by atomic mass is 16.6. The van der Waals surface area contributed by atoms with Gasteiger partial charge < -0.3 is 9.47 Å². The number of ether oxygens (including phenoxy) is 2. The summed E-state index contributed by atoms with van der Waals surface area (Å²) in [5.74, 6) is 2.10. The zero-order chi connectivity index (χ0) is 27.9. The standard InChI is InChI=1S/C31H30N6O3/c1-30(2,3)40-29(38)33-24-12-8-20(9-13-24)21-6-5-7-22(18-21)26-19-32-37-27(35-36-28(37)34-26)31(16-17-31)23-10-14-25(39-4)15-11-23/h5-15,18-19H,16-17H2,1-4H3,(H,33,38). The van der Waals surface area contributed by atoms with Crippen molar-refractivity contribution in [1.29, 1.82) is 0 Å². The van der Waals surface area contributed by atoms with Gasteiger partial charge in [0.2, 0.25) is 0 Å². The molecule has 1 saturated carbocycles. The van der Waals surface area contributed by atoms with E-state index in [9.17, 15) is 4.79 Å². The lowest BCUT2D eigenvalue weighted by molar-refractivity contribution is 0.0636. The van der Waals surface area contributed by atoms with E-state index in [0.717, 1.165) is 41.1 Å². The third kappa shape index (κ3) is 4.98. The quantitative estimate of drug-likeness (QED) is 0.273. The number of rotatable bonds is 6. The number of fused-ring (bicyclic) bond motifs is 1. The molecule has 2 aromatic heterocycles. The lowest BCUT2D eigenvalue weighted by Gasteiger charge is -2.19. The molecule has 0 aliphatic heterocycles. The van der Waals surface area contributed by atoms with Gasteiger partial charge in [-0.15, -0.1) is 10.2 Å². The monoisotopic (exact) mass is 534 g/mol. The number of hydrogen-bond acceptors (Lipinski definition) is 7. The van der Waals surface area contributed by atoms with Crippen LogP contribution in [0.25, 0.3) is 28.2 Å². The van der Waals surface area contributed by atoms with Crippen molar-refractivity contribution in [3.8, 4) is 28.1 Å². The summed E-state index contributed by atoms with van der Waals surface area (Å²) in [4.78, 5) is 16.9. The summed E-state index contributed by atoms with van der Waals surface area (Å²) in [6.07, 6.45) is 3.25. The summed E-state index contributed by atoms with van der Waals surface area (Å²) in [6.45, 7) is 5.50. The van der Waals surface area contributed by atoms with E-state index in [2.05, 4.69) is 33.7 Å². The molecule has 1 N–H and O–H groups in total. The van der Waals surface area contributed by atoms with Crippen LogP contribution < -0.4 is 10.1 Å². The molecule has 2 heterocycles. The number of methoxy groups -OCH3 is 1. The van der Waals surface area contributed by atoms with Gasteiger partial charge in [0.05, 0.1) is 24.4 Å². The van der Waals surface area contributed by atoms with Crippen molar-refractivity contribution >= 4 is 17.6 Å². The lowest BCUT2D eigenvalue weighted by atomic mass is 9.95. The molecule has 0 spiro atoms. The highest BCUT2D eigenvalue weighted by molar-refractivity contribution is 5.85. The molecule has 3 aromatic carbocycles. The Morgan fingerprint density at radius 3 is 2.33 bits per heavy atom. The fourth-order valence-corrected chi connectivity index (χ4v) is 4.84. The second kappa shape index (κ2) is 9.75. The van der Waals surface area contributed by atoms with E-state index < -0.39 is 11.7 Å². The van der Waals surface area contributed by atoms with Crippen molar-refractivity contribution in [1.82, 2.24) is 24.8 Å². The largest absolute Gasteiger partial charge is 0.497 e. The maximum absolute atomic E-state index is 12.1. The zero-order valence-electron chi connectivity index (χ0n) is 22.9. The molecule has 0 unspecified atom stereocenters. The predicted octanol–water partition coefficient (Wildman–Crippen LogP) is 6.29. The molecule has 40 heavy (non-hydrogen) atoms. The summed E-state index contributed by atoms with van der Waals surface area (Å²) < 4.78 is 12.4. The van der Waals surface area contributed by atoms with Crippen LogP contribution in [0, 0.1) is 0 Å². The average Bonchev–Trinajstić information content (AvgIpc) is 3.64. The van der Waals surface area contributed by atoms with Crippen LogP contribution in [0.5, 0.6) is 5.75 Å². The molecule has 0 saturated heterocycles. The van der Waals surface area contributed by atoms with Crippen LogP contribution in [0.15, 0.2) is 79.0 Å². The smallest absolute Gasteiger partial charge is 0.412 e. The minimum atomic E-state index is -0.555. The predicted molar refractivity (Wildman–Crippen MR) is 152 cm³/mol. The third-order valence-electron chi connectivity index (χ3n) is 6.98. The van der Waals surface area contributed by atoms with Crippen molar-refractivity contribution in [3.05, 3.63) is 90.4 Å². The van der Waals surface area contributed by atoms with E-state index in [4.69, 9.17) is 19.6 Å². The second-order valence-electron chi connectivity index (χ2n) is 11.0. The number of hydrogen-bond donors (Lipinski definition) is 1. The Morgan fingerprint density at radius 2 is 1.65 bits per heavy atom. The van der Waals surface area contributed by atoms with Gasteiger partial charge in [0.15, 0.2) is 5.82 Å². The van der Waals surface area contributed by atoms with Crippen molar-refractivity contribution in [2.75, 3.05) is 12.4 Å². The first-order valence-electron chi connectivity index (χ1n) is 13.2. The molecule has 5 aromatic rings. The van der Waals surface area contributed by atoms with Crippen LogP contribution in [0.2, 0.25) is 0 Å². The average molecular weight is 535 g/mol. The number of amides is 1. The van der Waals surface area contributed by atoms with Gasteiger partial charge >= 0.3 is 6.09 Å². The van der Waals surface area contributed by atoms with E-state index in [0.29, 0.717) is 17.2 Å². The highest BCUT2D eigenvalue weighted by Crippen LogP contribution is 2.52. The van der Waals surface area contributed by atoms with E-state index in [1.807, 2.05) is 75.4 Å². The summed E-state index contributed by atoms with van der Waals surface area (Å²) in [7, 11) is 1.67. The Labute approximate surface area is 232 Å². The van der Waals surface area contributed by atoms with Crippen LogP contribution in [-0.4, -0.2) is 43.6 Å². The highest BCUT2D eigenvalue weighted by Gasteiger charge is 2.50. The Kier molecular flexibility index (Phi) is 6.21. The van der Waals surface area contributed by atoms with Gasteiger partial charge in [-0.1, -0.05) is 42.5 Å². The summed E-state index contributed by atoms with van der Waals surface area (Å²) in [6, 6.07) is 23.8. The normalized spacial score (nSPS) is 14.1. The van der Waals surface area contributed by atoms with Gasteiger partial charge in [0, 0.05) is 11.3 Å². The fourth-order valence-electron chi connectivity index (χ4n) is 4.84. The van der Waals surface area contributed by atoms with Crippen molar-refractivity contribution in [2.24, 2.45) is 0 Å². The molecule has 0 atom stereocenters. The van der Waals surface area contributed by atoms with Crippen LogP contribution >= 0.6 is 0 Å². The third-order valence-corrected chi connectivity index (χ3v) is 6.98. The zero-order valence-corrected chi connectivity index (χ0v) is 22.9.